The summed E-state index contributed by atoms with van der Waals surface area (Å²) in [4.78, 5) is 14.4. The maximum absolute atomic E-state index is 13.6. The topological polar surface area (TPSA) is 53.1 Å². The number of benzene rings is 2. The Morgan fingerprint density at radius 1 is 1.00 bits per heavy atom. The summed E-state index contributed by atoms with van der Waals surface area (Å²) in [5.41, 5.74) is 0.795. The minimum absolute atomic E-state index is 0.0901. The molecule has 1 aromatic heterocycles. The molecule has 0 bridgehead atoms. The fourth-order valence-electron chi connectivity index (χ4n) is 3.10. The molecule has 2 N–H and O–H groups in total. The Hall–Kier alpha value is -2.60. The maximum Gasteiger partial charge on any atom is 0.255 e. The molecule has 0 radical (unpaired) electrons. The molecule has 0 saturated heterocycles. The fourth-order valence-corrected chi connectivity index (χ4v) is 3.10. The number of hydrogen-bond donors (Lipinski definition) is 2. The van der Waals surface area contributed by atoms with E-state index < -0.39 is 23.3 Å². The first kappa shape index (κ1) is 18.2. The monoisotopic (exact) mass is 361 g/mol. The molecule has 0 aliphatic rings. The van der Waals surface area contributed by atoms with Gasteiger partial charge in [-0.2, -0.15) is 0 Å². The summed E-state index contributed by atoms with van der Waals surface area (Å²) in [6.45, 7) is 1.88. The van der Waals surface area contributed by atoms with Crippen LogP contribution in [0.5, 0.6) is 0 Å². The molecule has 2 aromatic carbocycles. The highest BCUT2D eigenvalue weighted by Crippen LogP contribution is 2.30. The number of pyridine rings is 1. The Labute approximate surface area is 148 Å². The summed E-state index contributed by atoms with van der Waals surface area (Å²) in [7, 11) is 0. The van der Waals surface area contributed by atoms with E-state index in [1.165, 1.54) is 30.5 Å². The van der Waals surface area contributed by atoms with Crippen molar-refractivity contribution in [2.45, 2.75) is 31.8 Å². The van der Waals surface area contributed by atoms with Crippen LogP contribution in [-0.4, -0.2) is 10.1 Å². The molecular weight excluding hydrogens is 343 g/mol. The van der Waals surface area contributed by atoms with E-state index in [2.05, 4.69) is 4.98 Å². The number of aliphatic hydroxyl groups excluding tert-OH is 1. The summed E-state index contributed by atoms with van der Waals surface area (Å²) in [5.74, 6) is -2.57. The lowest BCUT2D eigenvalue weighted by molar-refractivity contribution is 0.162. The van der Waals surface area contributed by atoms with Crippen molar-refractivity contribution in [3.05, 3.63) is 81.5 Å². The fraction of sp³-hybridized carbons (Fsp3) is 0.250. The lowest BCUT2D eigenvalue weighted by Crippen LogP contribution is -2.10. The Bertz CT molecular complexity index is 983. The van der Waals surface area contributed by atoms with E-state index in [0.29, 0.717) is 29.4 Å². The number of nitrogens with one attached hydrogen (secondary N) is 1. The zero-order chi connectivity index (χ0) is 18.8. The second-order valence-corrected chi connectivity index (χ2v) is 6.43. The molecule has 6 heteroatoms. The van der Waals surface area contributed by atoms with E-state index in [9.17, 15) is 23.1 Å². The SMILES string of the molecule is CC(CCC(O)c1ccc(F)cc1)c1c[nH]c(=O)c2cc(F)c(F)cc12. The molecule has 1 heterocycles. The largest absolute Gasteiger partial charge is 0.388 e. The lowest BCUT2D eigenvalue weighted by Gasteiger charge is -2.17. The van der Waals surface area contributed by atoms with Crippen molar-refractivity contribution in [1.29, 1.82) is 0 Å². The molecule has 0 aliphatic heterocycles. The van der Waals surface area contributed by atoms with E-state index in [1.807, 2.05) is 6.92 Å². The van der Waals surface area contributed by atoms with Gasteiger partial charge in [-0.25, -0.2) is 13.2 Å². The van der Waals surface area contributed by atoms with Gasteiger partial charge in [-0.15, -0.1) is 0 Å². The van der Waals surface area contributed by atoms with E-state index in [1.54, 1.807) is 0 Å². The van der Waals surface area contributed by atoms with Gasteiger partial charge in [0, 0.05) is 6.20 Å². The van der Waals surface area contributed by atoms with Crippen LogP contribution in [-0.2, 0) is 0 Å². The molecule has 26 heavy (non-hydrogen) atoms. The first-order valence-electron chi connectivity index (χ1n) is 8.30. The van der Waals surface area contributed by atoms with Crippen molar-refractivity contribution in [1.82, 2.24) is 4.98 Å². The van der Waals surface area contributed by atoms with Gasteiger partial charge < -0.3 is 10.1 Å². The van der Waals surface area contributed by atoms with Crippen LogP contribution in [0, 0.1) is 17.5 Å². The number of rotatable bonds is 5. The number of aliphatic hydroxyl groups is 1. The first-order valence-corrected chi connectivity index (χ1v) is 8.30. The molecule has 2 unspecified atom stereocenters. The Morgan fingerprint density at radius 2 is 1.62 bits per heavy atom. The van der Waals surface area contributed by atoms with Crippen molar-refractivity contribution < 1.29 is 18.3 Å². The standard InChI is InChI=1S/C20H18F3NO2/c1-11(2-7-19(25)12-3-5-13(21)6-4-12)16-10-24-20(26)15-9-18(23)17(22)8-14(15)16/h3-6,8-11,19,25H,2,7H2,1H3,(H,24,26). The van der Waals surface area contributed by atoms with Gasteiger partial charge in [-0.05, 0) is 59.5 Å². The highest BCUT2D eigenvalue weighted by Gasteiger charge is 2.17. The van der Waals surface area contributed by atoms with Gasteiger partial charge in [0.05, 0.1) is 11.5 Å². The van der Waals surface area contributed by atoms with Crippen LogP contribution >= 0.6 is 0 Å². The van der Waals surface area contributed by atoms with Crippen molar-refractivity contribution in [3.8, 4) is 0 Å². The molecule has 0 saturated carbocycles. The van der Waals surface area contributed by atoms with Gasteiger partial charge in [0.25, 0.3) is 5.56 Å². The lowest BCUT2D eigenvalue weighted by atomic mass is 9.91. The van der Waals surface area contributed by atoms with Gasteiger partial charge in [0.15, 0.2) is 11.6 Å². The van der Waals surface area contributed by atoms with Gasteiger partial charge in [-0.1, -0.05) is 19.1 Å². The molecule has 0 aliphatic carbocycles. The Balaban J connectivity index is 1.82. The van der Waals surface area contributed by atoms with Crippen LogP contribution in [0.1, 0.15) is 42.9 Å². The number of halogens is 3. The van der Waals surface area contributed by atoms with Crippen LogP contribution < -0.4 is 5.56 Å². The first-order chi connectivity index (χ1) is 12.4. The van der Waals surface area contributed by atoms with E-state index in [-0.39, 0.29) is 17.1 Å². The van der Waals surface area contributed by atoms with Crippen molar-refractivity contribution in [2.75, 3.05) is 0 Å². The summed E-state index contributed by atoms with van der Waals surface area (Å²) in [6, 6.07) is 7.55. The third kappa shape index (κ3) is 3.65. The average molecular weight is 361 g/mol. The van der Waals surface area contributed by atoms with Crippen LogP contribution in [0.15, 0.2) is 47.4 Å². The summed E-state index contributed by atoms with van der Waals surface area (Å²) < 4.78 is 40.0. The van der Waals surface area contributed by atoms with Crippen molar-refractivity contribution >= 4 is 10.8 Å². The minimum Gasteiger partial charge on any atom is -0.388 e. The van der Waals surface area contributed by atoms with E-state index >= 15 is 0 Å². The smallest absolute Gasteiger partial charge is 0.255 e. The van der Waals surface area contributed by atoms with Gasteiger partial charge in [0.1, 0.15) is 5.82 Å². The summed E-state index contributed by atoms with van der Waals surface area (Å²) in [6.07, 6.45) is 1.67. The molecule has 0 amide bonds. The van der Waals surface area contributed by atoms with Crippen LogP contribution in [0.2, 0.25) is 0 Å². The van der Waals surface area contributed by atoms with Crippen molar-refractivity contribution in [2.24, 2.45) is 0 Å². The predicted octanol–water partition coefficient (Wildman–Crippen LogP) is 4.56. The Kier molecular flexibility index (Phi) is 5.13. The van der Waals surface area contributed by atoms with Gasteiger partial charge >= 0.3 is 0 Å². The highest BCUT2D eigenvalue weighted by molar-refractivity contribution is 5.85. The molecule has 3 aromatic rings. The molecule has 2 atom stereocenters. The number of aromatic nitrogens is 1. The van der Waals surface area contributed by atoms with Crippen LogP contribution in [0.3, 0.4) is 0 Å². The summed E-state index contributed by atoms with van der Waals surface area (Å²) >= 11 is 0. The van der Waals surface area contributed by atoms with Crippen molar-refractivity contribution in [3.63, 3.8) is 0 Å². The normalized spacial score (nSPS) is 13.7. The van der Waals surface area contributed by atoms with Gasteiger partial charge in [-0.3, -0.25) is 4.79 Å². The summed E-state index contributed by atoms with van der Waals surface area (Å²) in [5, 5.41) is 10.7. The second kappa shape index (κ2) is 7.33. The second-order valence-electron chi connectivity index (χ2n) is 6.43. The van der Waals surface area contributed by atoms with Crippen LogP contribution in [0.4, 0.5) is 13.2 Å². The molecule has 3 nitrogen and oxygen atoms in total. The molecule has 0 spiro atoms. The zero-order valence-corrected chi connectivity index (χ0v) is 14.1. The number of fused-ring (bicyclic) bond motifs is 1. The quantitative estimate of drug-likeness (QED) is 0.700. The van der Waals surface area contributed by atoms with E-state index in [0.717, 1.165) is 12.1 Å². The predicted molar refractivity (Wildman–Crippen MR) is 93.5 cm³/mol. The Morgan fingerprint density at radius 3 is 2.27 bits per heavy atom. The van der Waals surface area contributed by atoms with Gasteiger partial charge in [0.2, 0.25) is 0 Å². The molecular formula is C20H18F3NO2. The number of H-pyrrole nitrogens is 1. The molecule has 136 valence electrons. The van der Waals surface area contributed by atoms with E-state index in [4.69, 9.17) is 0 Å². The average Bonchev–Trinajstić information content (AvgIpc) is 2.62. The molecule has 3 rings (SSSR count). The maximum atomic E-state index is 13.6. The highest BCUT2D eigenvalue weighted by atomic mass is 19.2. The van der Waals surface area contributed by atoms with Crippen LogP contribution in [0.25, 0.3) is 10.8 Å². The number of aromatic amines is 1. The zero-order valence-electron chi connectivity index (χ0n) is 14.1. The molecule has 0 fully saturated rings. The minimum atomic E-state index is -1.07. The number of hydrogen-bond acceptors (Lipinski definition) is 2. The third-order valence-corrected chi connectivity index (χ3v) is 4.63. The third-order valence-electron chi connectivity index (χ3n) is 4.63.